The molecule has 0 saturated heterocycles. The molecule has 0 bridgehead atoms. The minimum absolute atomic E-state index is 0.101. The molecule has 1 aromatic heterocycles. The Balaban J connectivity index is 2.10. The number of benzene rings is 2. The van der Waals surface area contributed by atoms with Crippen molar-refractivity contribution in [3.05, 3.63) is 82.9 Å². The van der Waals surface area contributed by atoms with Gasteiger partial charge in [0, 0.05) is 48.5 Å². The molecule has 1 heterocycles. The molecule has 0 aliphatic heterocycles. The molecular formula is C21H21FN4OS. The van der Waals surface area contributed by atoms with Gasteiger partial charge in [-0.15, -0.1) is 0 Å². The smallest absolute Gasteiger partial charge is 0.273 e. The summed E-state index contributed by atoms with van der Waals surface area (Å²) in [4.78, 5) is 12.2. The Morgan fingerprint density at radius 2 is 1.79 bits per heavy atom. The summed E-state index contributed by atoms with van der Waals surface area (Å²) in [7, 11) is 3.44. The third kappa shape index (κ3) is 4.37. The maximum atomic E-state index is 13.2. The molecule has 0 saturated carbocycles. The largest absolute Gasteiger partial charge is 0.384 e. The lowest BCUT2D eigenvalue weighted by atomic mass is 10.0. The Bertz CT molecular complexity index is 1050. The molecule has 5 nitrogen and oxygen atoms in total. The average Bonchev–Trinajstić information content (AvgIpc) is 2.70. The highest BCUT2D eigenvalue weighted by atomic mass is 32.2. The predicted octanol–water partition coefficient (Wildman–Crippen LogP) is 5.18. The number of nitrogens with zero attached hydrogens (tertiary/aromatic N) is 1. The van der Waals surface area contributed by atoms with E-state index in [-0.39, 0.29) is 11.4 Å². The molecule has 2 aromatic carbocycles. The molecule has 144 valence electrons. The van der Waals surface area contributed by atoms with Crippen LogP contribution in [0.15, 0.2) is 71.5 Å². The zero-order valence-electron chi connectivity index (χ0n) is 15.6. The van der Waals surface area contributed by atoms with Crippen LogP contribution in [-0.4, -0.2) is 11.6 Å². The molecule has 0 unspecified atom stereocenters. The molecule has 28 heavy (non-hydrogen) atoms. The van der Waals surface area contributed by atoms with E-state index in [1.54, 1.807) is 42.4 Å². The molecule has 0 amide bonds. The van der Waals surface area contributed by atoms with Gasteiger partial charge in [0.1, 0.15) is 11.5 Å². The summed E-state index contributed by atoms with van der Waals surface area (Å²) in [6.07, 6.45) is 1.79. The Hall–Kier alpha value is -3.19. The molecule has 0 aliphatic carbocycles. The van der Waals surface area contributed by atoms with Gasteiger partial charge in [0.25, 0.3) is 5.56 Å². The van der Waals surface area contributed by atoms with Gasteiger partial charge in [0.15, 0.2) is 0 Å². The average molecular weight is 396 g/mol. The molecular weight excluding hydrogens is 375 g/mol. The van der Waals surface area contributed by atoms with Gasteiger partial charge in [0.05, 0.1) is 0 Å². The summed E-state index contributed by atoms with van der Waals surface area (Å²) in [6.45, 7) is 3.69. The van der Waals surface area contributed by atoms with Crippen molar-refractivity contribution in [3.8, 4) is 11.1 Å². The van der Waals surface area contributed by atoms with Gasteiger partial charge in [-0.2, -0.15) is 0 Å². The van der Waals surface area contributed by atoms with Gasteiger partial charge in [-0.1, -0.05) is 6.58 Å². The summed E-state index contributed by atoms with van der Waals surface area (Å²) in [5.41, 5.74) is 4.66. The molecule has 3 N–H and O–H groups in total. The summed E-state index contributed by atoms with van der Waals surface area (Å²) >= 11 is 1.37. The van der Waals surface area contributed by atoms with Gasteiger partial charge in [0.2, 0.25) is 0 Å². The highest BCUT2D eigenvalue weighted by Gasteiger charge is 2.11. The van der Waals surface area contributed by atoms with E-state index in [0.29, 0.717) is 5.69 Å². The van der Waals surface area contributed by atoms with Gasteiger partial charge in [-0.3, -0.25) is 4.79 Å². The number of aryl methyl sites for hydroxylation is 1. The lowest BCUT2D eigenvalue weighted by molar-refractivity contribution is 0.628. The third-order valence-electron chi connectivity index (χ3n) is 4.17. The zero-order chi connectivity index (χ0) is 20.1. The number of anilines is 4. The minimum Gasteiger partial charge on any atom is -0.384 e. The van der Waals surface area contributed by atoms with Crippen LogP contribution >= 0.6 is 11.9 Å². The van der Waals surface area contributed by atoms with E-state index in [9.17, 15) is 9.18 Å². The molecule has 0 fully saturated rings. The number of halogens is 1. The second kappa shape index (κ2) is 8.67. The number of aromatic nitrogens is 1. The number of nitrogens with one attached hydrogen (secondary N) is 3. The van der Waals surface area contributed by atoms with E-state index in [1.807, 2.05) is 24.3 Å². The third-order valence-corrected chi connectivity index (χ3v) is 4.69. The SMILES string of the molecule is C=CSNc1ccc(Nc2ccc(F)cc2)c(-c2cc(NC)c(=O)n(C)c2)c1. The van der Waals surface area contributed by atoms with Crippen molar-refractivity contribution in [1.82, 2.24) is 4.57 Å². The van der Waals surface area contributed by atoms with Crippen LogP contribution in [0.4, 0.5) is 27.1 Å². The standard InChI is InChI=1S/C21H21FN4OS/c1-4-28-25-17-9-10-19(24-16-7-5-15(22)6-8-16)18(12-17)14-11-20(23-2)21(27)26(3)13-14/h4-13,23-25H,1H2,2-3H3. The number of pyridine rings is 1. The van der Waals surface area contributed by atoms with Crippen molar-refractivity contribution >= 4 is 34.7 Å². The fourth-order valence-corrected chi connectivity index (χ4v) is 3.14. The zero-order valence-corrected chi connectivity index (χ0v) is 16.4. The van der Waals surface area contributed by atoms with Crippen LogP contribution in [0, 0.1) is 5.82 Å². The molecule has 0 spiro atoms. The summed E-state index contributed by atoms with van der Waals surface area (Å²) in [5, 5.41) is 7.97. The van der Waals surface area contributed by atoms with E-state index < -0.39 is 0 Å². The molecule has 0 aliphatic rings. The predicted molar refractivity (Wildman–Crippen MR) is 118 cm³/mol. The summed E-state index contributed by atoms with van der Waals surface area (Å²) < 4.78 is 18.0. The number of rotatable bonds is 7. The van der Waals surface area contributed by atoms with Crippen LogP contribution in [-0.2, 0) is 7.05 Å². The minimum atomic E-state index is -0.288. The maximum absolute atomic E-state index is 13.2. The lowest BCUT2D eigenvalue weighted by Crippen LogP contribution is -2.19. The Morgan fingerprint density at radius 1 is 1.07 bits per heavy atom. The normalized spacial score (nSPS) is 10.4. The van der Waals surface area contributed by atoms with Crippen LogP contribution in [0.2, 0.25) is 0 Å². The van der Waals surface area contributed by atoms with Crippen LogP contribution in [0.3, 0.4) is 0 Å². The van der Waals surface area contributed by atoms with E-state index >= 15 is 0 Å². The fraction of sp³-hybridized carbons (Fsp3) is 0.0952. The quantitative estimate of drug-likeness (QED) is 0.481. The molecule has 0 atom stereocenters. The summed E-state index contributed by atoms with van der Waals surface area (Å²) in [5.74, 6) is -0.288. The van der Waals surface area contributed by atoms with Crippen molar-refractivity contribution in [2.75, 3.05) is 22.4 Å². The van der Waals surface area contributed by atoms with E-state index in [1.165, 1.54) is 24.1 Å². The van der Waals surface area contributed by atoms with Gasteiger partial charge in [-0.25, -0.2) is 4.39 Å². The number of hydrogen-bond acceptors (Lipinski definition) is 5. The first kappa shape index (κ1) is 19.6. The van der Waals surface area contributed by atoms with Crippen molar-refractivity contribution in [2.45, 2.75) is 0 Å². The Morgan fingerprint density at radius 3 is 2.46 bits per heavy atom. The molecule has 3 rings (SSSR count). The first-order chi connectivity index (χ1) is 13.5. The van der Waals surface area contributed by atoms with Crippen LogP contribution < -0.4 is 20.9 Å². The van der Waals surface area contributed by atoms with E-state index in [0.717, 1.165) is 28.2 Å². The Kier molecular flexibility index (Phi) is 6.06. The number of hydrogen-bond donors (Lipinski definition) is 3. The van der Waals surface area contributed by atoms with Crippen LogP contribution in [0.5, 0.6) is 0 Å². The second-order valence-corrected chi connectivity index (χ2v) is 6.86. The maximum Gasteiger partial charge on any atom is 0.273 e. The van der Waals surface area contributed by atoms with E-state index in [2.05, 4.69) is 21.9 Å². The van der Waals surface area contributed by atoms with Gasteiger partial charge < -0.3 is 19.9 Å². The first-order valence-electron chi connectivity index (χ1n) is 8.60. The molecule has 7 heteroatoms. The Labute approximate surface area is 167 Å². The highest BCUT2D eigenvalue weighted by molar-refractivity contribution is 8.03. The van der Waals surface area contributed by atoms with Gasteiger partial charge in [-0.05, 0) is 65.9 Å². The van der Waals surface area contributed by atoms with Crippen molar-refractivity contribution < 1.29 is 4.39 Å². The van der Waals surface area contributed by atoms with Crippen molar-refractivity contribution in [3.63, 3.8) is 0 Å². The van der Waals surface area contributed by atoms with Crippen molar-refractivity contribution in [2.24, 2.45) is 7.05 Å². The topological polar surface area (TPSA) is 58.1 Å². The second-order valence-electron chi connectivity index (χ2n) is 6.09. The van der Waals surface area contributed by atoms with Crippen LogP contribution in [0.1, 0.15) is 0 Å². The summed E-state index contributed by atoms with van der Waals surface area (Å²) in [6, 6.07) is 13.9. The monoisotopic (exact) mass is 396 g/mol. The first-order valence-corrected chi connectivity index (χ1v) is 9.48. The molecule has 3 aromatic rings. The fourth-order valence-electron chi connectivity index (χ4n) is 2.79. The van der Waals surface area contributed by atoms with Gasteiger partial charge >= 0.3 is 0 Å². The molecule has 0 radical (unpaired) electrons. The van der Waals surface area contributed by atoms with Crippen LogP contribution in [0.25, 0.3) is 11.1 Å². The van der Waals surface area contributed by atoms with E-state index in [4.69, 9.17) is 0 Å². The highest BCUT2D eigenvalue weighted by Crippen LogP contribution is 2.34. The lowest BCUT2D eigenvalue weighted by Gasteiger charge is -2.16. The van der Waals surface area contributed by atoms with Crippen molar-refractivity contribution in [1.29, 1.82) is 0 Å².